The molecule has 0 saturated carbocycles. The quantitative estimate of drug-likeness (QED) is 0.919. The van der Waals surface area contributed by atoms with Crippen LogP contribution in [0.2, 0.25) is 0 Å². The maximum Gasteiger partial charge on any atom is 0.136 e. The molecule has 2 saturated heterocycles. The Hall–Kier alpha value is -1.81. The summed E-state index contributed by atoms with van der Waals surface area (Å²) in [6, 6.07) is 9.62. The number of hydrogen-bond acceptors (Lipinski definition) is 4. The van der Waals surface area contributed by atoms with Crippen molar-refractivity contribution in [2.75, 3.05) is 25.1 Å². The Labute approximate surface area is 125 Å². The minimum atomic E-state index is 0.618. The van der Waals surface area contributed by atoms with Crippen molar-refractivity contribution in [2.45, 2.75) is 31.3 Å². The predicted molar refractivity (Wildman–Crippen MR) is 85.1 cm³/mol. The molecule has 2 unspecified atom stereocenters. The second kappa shape index (κ2) is 5.19. The standard InChI is InChI=1S/C17H21N3O/c1-21-15-4-5-16-12(10-15)6-8-18-17(16)20-9-7-13-2-3-14(11-20)19-13/h4-6,8,10,13-14,19H,2-3,7,9,11H2,1H3. The first-order valence-corrected chi connectivity index (χ1v) is 7.77. The van der Waals surface area contributed by atoms with Gasteiger partial charge in [0.1, 0.15) is 11.6 Å². The Morgan fingerprint density at radius 2 is 2.10 bits per heavy atom. The molecule has 1 aromatic heterocycles. The van der Waals surface area contributed by atoms with Gasteiger partial charge in [-0.1, -0.05) is 0 Å². The third kappa shape index (κ3) is 2.33. The van der Waals surface area contributed by atoms with Gasteiger partial charge in [-0.25, -0.2) is 4.98 Å². The zero-order valence-electron chi connectivity index (χ0n) is 12.4. The van der Waals surface area contributed by atoms with E-state index in [-0.39, 0.29) is 0 Å². The van der Waals surface area contributed by atoms with Crippen LogP contribution in [0.1, 0.15) is 19.3 Å². The fraction of sp³-hybridized carbons (Fsp3) is 0.471. The highest BCUT2D eigenvalue weighted by Crippen LogP contribution is 2.30. The van der Waals surface area contributed by atoms with Gasteiger partial charge in [0.25, 0.3) is 0 Å². The molecule has 2 aromatic rings. The van der Waals surface area contributed by atoms with E-state index in [2.05, 4.69) is 33.4 Å². The van der Waals surface area contributed by atoms with Gasteiger partial charge < -0.3 is 15.0 Å². The van der Waals surface area contributed by atoms with Crippen molar-refractivity contribution in [3.05, 3.63) is 30.5 Å². The Bertz CT molecular complexity index is 658. The number of anilines is 1. The van der Waals surface area contributed by atoms with Gasteiger partial charge in [-0.2, -0.15) is 0 Å². The van der Waals surface area contributed by atoms with E-state index in [9.17, 15) is 0 Å². The van der Waals surface area contributed by atoms with Crippen LogP contribution in [0.4, 0.5) is 5.82 Å². The second-order valence-electron chi connectivity index (χ2n) is 6.09. The highest BCUT2D eigenvalue weighted by Gasteiger charge is 2.30. The molecule has 1 N–H and O–H groups in total. The number of ether oxygens (including phenoxy) is 1. The van der Waals surface area contributed by atoms with Crippen LogP contribution < -0.4 is 15.0 Å². The molecule has 21 heavy (non-hydrogen) atoms. The number of pyridine rings is 1. The molecule has 2 bridgehead atoms. The number of methoxy groups -OCH3 is 1. The summed E-state index contributed by atoms with van der Waals surface area (Å²) >= 11 is 0. The summed E-state index contributed by atoms with van der Waals surface area (Å²) in [5.41, 5.74) is 0. The van der Waals surface area contributed by atoms with E-state index < -0.39 is 0 Å². The molecule has 0 aliphatic carbocycles. The van der Waals surface area contributed by atoms with Gasteiger partial charge in [-0.05, 0) is 48.9 Å². The molecule has 1 aromatic carbocycles. The fourth-order valence-corrected chi connectivity index (χ4v) is 3.65. The lowest BCUT2D eigenvalue weighted by Crippen LogP contribution is -2.35. The van der Waals surface area contributed by atoms with Gasteiger partial charge in [0.15, 0.2) is 0 Å². The first kappa shape index (κ1) is 12.9. The normalized spacial score (nSPS) is 25.1. The summed E-state index contributed by atoms with van der Waals surface area (Å²) in [6.45, 7) is 2.15. The predicted octanol–water partition coefficient (Wildman–Crippen LogP) is 2.57. The first-order valence-electron chi connectivity index (χ1n) is 7.77. The van der Waals surface area contributed by atoms with Crippen molar-refractivity contribution in [1.29, 1.82) is 0 Å². The van der Waals surface area contributed by atoms with Gasteiger partial charge >= 0.3 is 0 Å². The van der Waals surface area contributed by atoms with E-state index >= 15 is 0 Å². The minimum absolute atomic E-state index is 0.618. The largest absolute Gasteiger partial charge is 0.497 e. The van der Waals surface area contributed by atoms with E-state index in [0.29, 0.717) is 12.1 Å². The SMILES string of the molecule is COc1ccc2c(N3CCC4CCC(C3)N4)nccc2c1. The van der Waals surface area contributed by atoms with Crippen LogP contribution in [-0.4, -0.2) is 37.3 Å². The highest BCUT2D eigenvalue weighted by molar-refractivity contribution is 5.93. The topological polar surface area (TPSA) is 37.4 Å². The van der Waals surface area contributed by atoms with Crippen LogP contribution in [0, 0.1) is 0 Å². The van der Waals surface area contributed by atoms with Gasteiger partial charge in [-0.15, -0.1) is 0 Å². The number of fused-ring (bicyclic) bond motifs is 3. The Morgan fingerprint density at radius 1 is 1.19 bits per heavy atom. The van der Waals surface area contributed by atoms with Gasteiger partial charge in [0, 0.05) is 36.8 Å². The van der Waals surface area contributed by atoms with E-state index in [1.54, 1.807) is 7.11 Å². The molecule has 110 valence electrons. The monoisotopic (exact) mass is 283 g/mol. The second-order valence-corrected chi connectivity index (χ2v) is 6.09. The number of nitrogens with zero attached hydrogens (tertiary/aromatic N) is 2. The van der Waals surface area contributed by atoms with E-state index in [1.165, 1.54) is 30.0 Å². The number of benzene rings is 1. The van der Waals surface area contributed by atoms with Crippen molar-refractivity contribution >= 4 is 16.6 Å². The zero-order chi connectivity index (χ0) is 14.2. The Balaban J connectivity index is 1.72. The summed E-state index contributed by atoms with van der Waals surface area (Å²) in [5.74, 6) is 2.01. The van der Waals surface area contributed by atoms with Crippen molar-refractivity contribution in [3.8, 4) is 5.75 Å². The lowest BCUT2D eigenvalue weighted by atomic mass is 10.1. The molecule has 0 radical (unpaired) electrons. The number of hydrogen-bond donors (Lipinski definition) is 1. The van der Waals surface area contributed by atoms with Crippen molar-refractivity contribution in [1.82, 2.24) is 10.3 Å². The summed E-state index contributed by atoms with van der Waals surface area (Å²) in [5, 5.41) is 6.14. The summed E-state index contributed by atoms with van der Waals surface area (Å²) < 4.78 is 5.32. The third-order valence-electron chi connectivity index (χ3n) is 4.77. The molecular weight excluding hydrogens is 262 g/mol. The number of rotatable bonds is 2. The van der Waals surface area contributed by atoms with Crippen molar-refractivity contribution in [2.24, 2.45) is 0 Å². The number of aromatic nitrogens is 1. The van der Waals surface area contributed by atoms with Crippen LogP contribution in [0.3, 0.4) is 0 Å². The summed E-state index contributed by atoms with van der Waals surface area (Å²) in [4.78, 5) is 7.12. The molecule has 4 nitrogen and oxygen atoms in total. The summed E-state index contributed by atoms with van der Waals surface area (Å²) in [7, 11) is 1.71. The maximum atomic E-state index is 5.32. The highest BCUT2D eigenvalue weighted by atomic mass is 16.5. The molecule has 3 heterocycles. The van der Waals surface area contributed by atoms with Gasteiger partial charge in [0.2, 0.25) is 0 Å². The molecule has 2 aliphatic heterocycles. The van der Waals surface area contributed by atoms with Crippen molar-refractivity contribution in [3.63, 3.8) is 0 Å². The molecule has 0 spiro atoms. The van der Waals surface area contributed by atoms with Crippen LogP contribution in [0.5, 0.6) is 5.75 Å². The first-order chi connectivity index (χ1) is 10.3. The zero-order valence-corrected chi connectivity index (χ0v) is 12.4. The van der Waals surface area contributed by atoms with Gasteiger partial charge in [0.05, 0.1) is 7.11 Å². The smallest absolute Gasteiger partial charge is 0.136 e. The molecule has 0 amide bonds. The maximum absolute atomic E-state index is 5.32. The molecule has 4 heteroatoms. The Kier molecular flexibility index (Phi) is 3.19. The van der Waals surface area contributed by atoms with Crippen LogP contribution in [-0.2, 0) is 0 Å². The van der Waals surface area contributed by atoms with Crippen molar-refractivity contribution < 1.29 is 4.74 Å². The molecule has 2 atom stereocenters. The molecule has 2 aliphatic rings. The lowest BCUT2D eigenvalue weighted by molar-refractivity contribution is 0.415. The van der Waals surface area contributed by atoms with Crippen LogP contribution >= 0.6 is 0 Å². The van der Waals surface area contributed by atoms with E-state index in [4.69, 9.17) is 4.74 Å². The molecular formula is C17H21N3O. The fourth-order valence-electron chi connectivity index (χ4n) is 3.65. The van der Waals surface area contributed by atoms with Crippen LogP contribution in [0.15, 0.2) is 30.5 Å². The van der Waals surface area contributed by atoms with Crippen LogP contribution in [0.25, 0.3) is 10.8 Å². The summed E-state index contributed by atoms with van der Waals surface area (Å²) in [6.07, 6.45) is 5.75. The number of nitrogens with one attached hydrogen (secondary N) is 1. The third-order valence-corrected chi connectivity index (χ3v) is 4.77. The molecule has 4 rings (SSSR count). The van der Waals surface area contributed by atoms with E-state index in [1.807, 2.05) is 12.3 Å². The lowest BCUT2D eigenvalue weighted by Gasteiger charge is -2.26. The Morgan fingerprint density at radius 3 is 3.00 bits per heavy atom. The minimum Gasteiger partial charge on any atom is -0.497 e. The van der Waals surface area contributed by atoms with E-state index in [0.717, 1.165) is 24.7 Å². The van der Waals surface area contributed by atoms with Gasteiger partial charge in [-0.3, -0.25) is 0 Å². The average Bonchev–Trinajstić information content (AvgIpc) is 2.85. The average molecular weight is 283 g/mol. The molecule has 2 fully saturated rings.